The number of rotatable bonds is 4. The summed E-state index contributed by atoms with van der Waals surface area (Å²) in [5.41, 5.74) is 2.22. The van der Waals surface area contributed by atoms with Crippen molar-refractivity contribution in [2.45, 2.75) is 13.8 Å². The fourth-order valence-corrected chi connectivity index (χ4v) is 2.96. The molecule has 122 valence electrons. The van der Waals surface area contributed by atoms with E-state index in [1.54, 1.807) is 18.4 Å². The van der Waals surface area contributed by atoms with Crippen molar-refractivity contribution in [1.29, 1.82) is 0 Å². The number of hydrogen-bond donors (Lipinski definition) is 1. The molecule has 0 aliphatic carbocycles. The first kappa shape index (κ1) is 16.1. The Labute approximate surface area is 142 Å². The lowest BCUT2D eigenvalue weighted by Gasteiger charge is -2.07. The maximum Gasteiger partial charge on any atom is 0.357 e. The molecular weight excluding hydrogens is 326 g/mol. The Hall–Kier alpha value is -2.80. The quantitative estimate of drug-likeness (QED) is 0.735. The minimum atomic E-state index is -0.501. The lowest BCUT2D eigenvalue weighted by molar-refractivity contribution is 0.0520. The average Bonchev–Trinajstić information content (AvgIpc) is 3.02. The molecule has 24 heavy (non-hydrogen) atoms. The molecule has 0 aliphatic heterocycles. The Morgan fingerprint density at radius 1 is 1.25 bits per heavy atom. The predicted molar refractivity (Wildman–Crippen MR) is 92.5 cm³/mol. The lowest BCUT2D eigenvalue weighted by Crippen LogP contribution is -2.13. The van der Waals surface area contributed by atoms with E-state index >= 15 is 0 Å². The van der Waals surface area contributed by atoms with E-state index in [1.807, 2.05) is 31.2 Å². The van der Waals surface area contributed by atoms with Crippen LogP contribution in [0, 0.1) is 6.92 Å². The van der Waals surface area contributed by atoms with Gasteiger partial charge in [-0.3, -0.25) is 15.1 Å². The zero-order valence-corrected chi connectivity index (χ0v) is 14.0. The number of thiazole rings is 1. The van der Waals surface area contributed by atoms with Gasteiger partial charge in [-0.05, 0) is 26.0 Å². The number of carbonyl (C=O) groups is 2. The van der Waals surface area contributed by atoms with Gasteiger partial charge in [0, 0.05) is 16.5 Å². The zero-order valence-electron chi connectivity index (χ0n) is 13.2. The molecule has 3 aromatic rings. The zero-order chi connectivity index (χ0) is 17.1. The first-order valence-corrected chi connectivity index (χ1v) is 8.27. The molecule has 2 heterocycles. The number of pyridine rings is 1. The summed E-state index contributed by atoms with van der Waals surface area (Å²) >= 11 is 1.18. The van der Waals surface area contributed by atoms with Crippen LogP contribution in [0.15, 0.2) is 35.7 Å². The van der Waals surface area contributed by atoms with E-state index in [-0.39, 0.29) is 18.2 Å². The van der Waals surface area contributed by atoms with E-state index in [2.05, 4.69) is 15.3 Å². The van der Waals surface area contributed by atoms with Gasteiger partial charge < -0.3 is 4.74 Å². The maximum atomic E-state index is 12.6. The van der Waals surface area contributed by atoms with Gasteiger partial charge in [-0.2, -0.15) is 0 Å². The molecule has 6 nitrogen and oxygen atoms in total. The van der Waals surface area contributed by atoms with E-state index in [1.165, 1.54) is 11.3 Å². The molecule has 1 amide bonds. The number of ether oxygens (including phenoxy) is 1. The number of para-hydroxylation sites is 1. The van der Waals surface area contributed by atoms with Crippen molar-refractivity contribution >= 4 is 39.2 Å². The van der Waals surface area contributed by atoms with Crippen LogP contribution in [-0.4, -0.2) is 28.5 Å². The van der Waals surface area contributed by atoms with Crippen LogP contribution in [0.2, 0.25) is 0 Å². The minimum absolute atomic E-state index is 0.188. The minimum Gasteiger partial charge on any atom is -0.461 e. The molecule has 2 aromatic heterocycles. The Bertz CT molecular complexity index is 920. The number of benzene rings is 1. The van der Waals surface area contributed by atoms with E-state index < -0.39 is 5.97 Å². The molecule has 0 aliphatic rings. The number of aryl methyl sites for hydroxylation is 1. The van der Waals surface area contributed by atoms with Crippen LogP contribution in [0.25, 0.3) is 10.9 Å². The fourth-order valence-electron chi connectivity index (χ4n) is 2.29. The molecule has 0 radical (unpaired) electrons. The Morgan fingerprint density at radius 3 is 2.83 bits per heavy atom. The van der Waals surface area contributed by atoms with Crippen LogP contribution in [0.3, 0.4) is 0 Å². The molecule has 0 spiro atoms. The third-order valence-corrected chi connectivity index (χ3v) is 4.06. The number of carbonyl (C=O) groups excluding carboxylic acids is 2. The Morgan fingerprint density at radius 2 is 2.04 bits per heavy atom. The summed E-state index contributed by atoms with van der Waals surface area (Å²) in [4.78, 5) is 32.7. The van der Waals surface area contributed by atoms with Crippen LogP contribution in [-0.2, 0) is 4.74 Å². The number of anilines is 1. The topological polar surface area (TPSA) is 81.2 Å². The summed E-state index contributed by atoms with van der Waals surface area (Å²) in [5.74, 6) is -0.791. The molecular formula is C17H15N3O3S. The summed E-state index contributed by atoms with van der Waals surface area (Å²) in [7, 11) is 0. The van der Waals surface area contributed by atoms with Crippen molar-refractivity contribution in [2.24, 2.45) is 0 Å². The molecule has 0 fully saturated rings. The summed E-state index contributed by atoms with van der Waals surface area (Å²) in [5, 5.41) is 5.40. The van der Waals surface area contributed by atoms with E-state index in [0.29, 0.717) is 10.7 Å². The summed E-state index contributed by atoms with van der Waals surface area (Å²) in [6, 6.07) is 9.18. The molecule has 0 bridgehead atoms. The monoisotopic (exact) mass is 341 g/mol. The van der Waals surface area contributed by atoms with Gasteiger partial charge in [-0.25, -0.2) is 9.78 Å². The van der Waals surface area contributed by atoms with Crippen molar-refractivity contribution < 1.29 is 14.3 Å². The third kappa shape index (κ3) is 3.26. The summed E-state index contributed by atoms with van der Waals surface area (Å²) in [6.45, 7) is 3.84. The average molecular weight is 341 g/mol. The summed E-state index contributed by atoms with van der Waals surface area (Å²) < 4.78 is 4.89. The Balaban J connectivity index is 1.87. The van der Waals surface area contributed by atoms with E-state index in [9.17, 15) is 9.59 Å². The molecule has 1 aromatic carbocycles. The number of nitrogens with zero attached hydrogens (tertiary/aromatic N) is 2. The number of nitrogens with one attached hydrogen (secondary N) is 1. The van der Waals surface area contributed by atoms with Gasteiger partial charge in [-0.15, -0.1) is 11.3 Å². The molecule has 0 atom stereocenters. The maximum absolute atomic E-state index is 12.6. The van der Waals surface area contributed by atoms with Crippen molar-refractivity contribution in [3.05, 3.63) is 52.7 Å². The second-order valence-corrected chi connectivity index (χ2v) is 5.90. The highest BCUT2D eigenvalue weighted by Crippen LogP contribution is 2.21. The molecule has 0 unspecified atom stereocenters. The number of aromatic nitrogens is 2. The van der Waals surface area contributed by atoms with Crippen LogP contribution >= 0.6 is 11.3 Å². The van der Waals surface area contributed by atoms with Crippen molar-refractivity contribution in [1.82, 2.24) is 9.97 Å². The van der Waals surface area contributed by atoms with Crippen LogP contribution < -0.4 is 5.32 Å². The lowest BCUT2D eigenvalue weighted by atomic mass is 10.1. The highest BCUT2D eigenvalue weighted by atomic mass is 32.1. The van der Waals surface area contributed by atoms with E-state index in [0.717, 1.165) is 16.6 Å². The SMILES string of the molecule is CCOC(=O)c1csc(NC(=O)c2cc(C)nc3ccccc23)n1. The van der Waals surface area contributed by atoms with Crippen LogP contribution in [0.5, 0.6) is 0 Å². The normalized spacial score (nSPS) is 10.6. The van der Waals surface area contributed by atoms with Gasteiger partial charge in [0.1, 0.15) is 0 Å². The highest BCUT2D eigenvalue weighted by molar-refractivity contribution is 7.14. The molecule has 7 heteroatoms. The molecule has 0 saturated carbocycles. The molecule has 3 rings (SSSR count). The number of fused-ring (bicyclic) bond motifs is 1. The standard InChI is InChI=1S/C17H15N3O3S/c1-3-23-16(22)14-9-24-17(19-14)20-15(21)12-8-10(2)18-13-7-5-4-6-11(12)13/h4-9H,3H2,1-2H3,(H,19,20,21). The predicted octanol–water partition coefficient (Wildman–Crippen LogP) is 3.43. The fraction of sp³-hybridized carbons (Fsp3) is 0.176. The third-order valence-electron chi connectivity index (χ3n) is 3.30. The van der Waals surface area contributed by atoms with Crippen molar-refractivity contribution in [3.8, 4) is 0 Å². The first-order valence-electron chi connectivity index (χ1n) is 7.39. The van der Waals surface area contributed by atoms with Crippen LogP contribution in [0.1, 0.15) is 33.5 Å². The highest BCUT2D eigenvalue weighted by Gasteiger charge is 2.16. The molecule has 0 saturated heterocycles. The van der Waals surface area contributed by atoms with Gasteiger partial charge >= 0.3 is 5.97 Å². The number of hydrogen-bond acceptors (Lipinski definition) is 6. The number of esters is 1. The Kier molecular flexibility index (Phi) is 4.52. The van der Waals surface area contributed by atoms with Gasteiger partial charge in [0.2, 0.25) is 0 Å². The van der Waals surface area contributed by atoms with Crippen LogP contribution in [0.4, 0.5) is 5.13 Å². The second-order valence-electron chi connectivity index (χ2n) is 5.04. The largest absolute Gasteiger partial charge is 0.461 e. The van der Waals surface area contributed by atoms with E-state index in [4.69, 9.17) is 4.74 Å². The summed E-state index contributed by atoms with van der Waals surface area (Å²) in [6.07, 6.45) is 0. The first-order chi connectivity index (χ1) is 11.6. The van der Waals surface area contributed by atoms with Gasteiger partial charge in [0.15, 0.2) is 10.8 Å². The van der Waals surface area contributed by atoms with Crippen molar-refractivity contribution in [2.75, 3.05) is 11.9 Å². The van der Waals surface area contributed by atoms with Crippen molar-refractivity contribution in [3.63, 3.8) is 0 Å². The number of amides is 1. The second kappa shape index (κ2) is 6.76. The smallest absolute Gasteiger partial charge is 0.357 e. The van der Waals surface area contributed by atoms with Gasteiger partial charge in [-0.1, -0.05) is 18.2 Å². The molecule has 1 N–H and O–H groups in total. The van der Waals surface area contributed by atoms with Gasteiger partial charge in [0.25, 0.3) is 5.91 Å². The van der Waals surface area contributed by atoms with Gasteiger partial charge in [0.05, 0.1) is 17.7 Å².